The van der Waals surface area contributed by atoms with Crippen LogP contribution in [0.3, 0.4) is 0 Å². The van der Waals surface area contributed by atoms with Crippen molar-refractivity contribution in [1.29, 1.82) is 0 Å². The van der Waals surface area contributed by atoms with E-state index in [1.165, 1.54) is 5.56 Å². The fraction of sp³-hybridized carbons (Fsp3) is 0.278. The molecule has 22 heavy (non-hydrogen) atoms. The first-order valence-corrected chi connectivity index (χ1v) is 7.41. The van der Waals surface area contributed by atoms with Crippen LogP contribution >= 0.6 is 0 Å². The molecule has 0 fully saturated rings. The van der Waals surface area contributed by atoms with Crippen molar-refractivity contribution < 1.29 is 9.53 Å². The first-order valence-electron chi connectivity index (χ1n) is 7.41. The molecule has 2 aromatic carbocycles. The number of rotatable bonds is 6. The maximum Gasteiger partial charge on any atom is 0.315 e. The standard InChI is InChI=1S/C18H22N2O2/c1-14-6-5-8-16(12-14)13-20-18(21)19-10-11-22-17-9-4-3-7-15(17)2/h3-9,12H,10-11,13H2,1-2H3,(H2,19,20,21). The summed E-state index contributed by atoms with van der Waals surface area (Å²) >= 11 is 0. The number of carbonyl (C=O) groups excluding carboxylic acids is 1. The molecule has 0 aromatic heterocycles. The van der Waals surface area contributed by atoms with Gasteiger partial charge >= 0.3 is 6.03 Å². The Balaban J connectivity index is 1.65. The van der Waals surface area contributed by atoms with Crippen molar-refractivity contribution in [1.82, 2.24) is 10.6 Å². The van der Waals surface area contributed by atoms with E-state index >= 15 is 0 Å². The van der Waals surface area contributed by atoms with E-state index in [1.807, 2.05) is 56.3 Å². The van der Waals surface area contributed by atoms with Crippen molar-refractivity contribution in [3.63, 3.8) is 0 Å². The van der Waals surface area contributed by atoms with Crippen molar-refractivity contribution in [2.45, 2.75) is 20.4 Å². The molecule has 0 spiro atoms. The topological polar surface area (TPSA) is 50.4 Å². The van der Waals surface area contributed by atoms with Crippen LogP contribution in [0.25, 0.3) is 0 Å². The van der Waals surface area contributed by atoms with Crippen LogP contribution in [0.4, 0.5) is 4.79 Å². The lowest BCUT2D eigenvalue weighted by Crippen LogP contribution is -2.37. The molecule has 0 aliphatic rings. The molecule has 2 N–H and O–H groups in total. The van der Waals surface area contributed by atoms with Gasteiger partial charge in [-0.2, -0.15) is 0 Å². The Bertz CT molecular complexity index is 626. The third kappa shape index (κ3) is 5.13. The molecule has 0 saturated carbocycles. The molecule has 0 unspecified atom stereocenters. The van der Waals surface area contributed by atoms with Gasteiger partial charge in [-0.15, -0.1) is 0 Å². The van der Waals surface area contributed by atoms with E-state index in [4.69, 9.17) is 4.74 Å². The van der Waals surface area contributed by atoms with Crippen molar-refractivity contribution in [2.75, 3.05) is 13.2 Å². The zero-order valence-corrected chi connectivity index (χ0v) is 13.1. The van der Waals surface area contributed by atoms with E-state index in [9.17, 15) is 4.79 Å². The Morgan fingerprint density at radius 1 is 1.05 bits per heavy atom. The summed E-state index contributed by atoms with van der Waals surface area (Å²) in [5, 5.41) is 5.61. The number of para-hydroxylation sites is 1. The van der Waals surface area contributed by atoms with E-state index in [1.54, 1.807) is 0 Å². The molecule has 2 amide bonds. The second kappa shape index (κ2) is 8.08. The third-order valence-electron chi connectivity index (χ3n) is 3.27. The van der Waals surface area contributed by atoms with Crippen LogP contribution in [-0.4, -0.2) is 19.2 Å². The van der Waals surface area contributed by atoms with Gasteiger partial charge in [0.2, 0.25) is 0 Å². The summed E-state index contributed by atoms with van der Waals surface area (Å²) in [6.45, 7) is 5.46. The number of benzene rings is 2. The van der Waals surface area contributed by atoms with E-state index in [-0.39, 0.29) is 6.03 Å². The number of aryl methyl sites for hydroxylation is 2. The van der Waals surface area contributed by atoms with Gasteiger partial charge in [0.25, 0.3) is 0 Å². The molecule has 4 nitrogen and oxygen atoms in total. The second-order valence-electron chi connectivity index (χ2n) is 5.21. The van der Waals surface area contributed by atoms with E-state index in [0.717, 1.165) is 16.9 Å². The predicted molar refractivity (Wildman–Crippen MR) is 88.1 cm³/mol. The number of urea groups is 1. The van der Waals surface area contributed by atoms with Crippen LogP contribution in [0.1, 0.15) is 16.7 Å². The van der Waals surface area contributed by atoms with Crippen LogP contribution in [0.5, 0.6) is 5.75 Å². The zero-order valence-electron chi connectivity index (χ0n) is 13.1. The predicted octanol–water partition coefficient (Wildman–Crippen LogP) is 3.18. The molecule has 0 atom stereocenters. The van der Waals surface area contributed by atoms with Gasteiger partial charge in [-0.1, -0.05) is 48.0 Å². The SMILES string of the molecule is Cc1cccc(CNC(=O)NCCOc2ccccc2C)c1. The average molecular weight is 298 g/mol. The minimum Gasteiger partial charge on any atom is -0.491 e. The molecule has 0 heterocycles. The summed E-state index contributed by atoms with van der Waals surface area (Å²) in [6, 6.07) is 15.7. The first-order chi connectivity index (χ1) is 10.6. The van der Waals surface area contributed by atoms with Crippen LogP contribution in [0, 0.1) is 13.8 Å². The smallest absolute Gasteiger partial charge is 0.315 e. The van der Waals surface area contributed by atoms with Crippen molar-refractivity contribution in [2.24, 2.45) is 0 Å². The van der Waals surface area contributed by atoms with Crippen LogP contribution in [-0.2, 0) is 6.54 Å². The highest BCUT2D eigenvalue weighted by Crippen LogP contribution is 2.15. The van der Waals surface area contributed by atoms with Gasteiger partial charge < -0.3 is 15.4 Å². The molecule has 4 heteroatoms. The normalized spacial score (nSPS) is 10.1. The van der Waals surface area contributed by atoms with Crippen LogP contribution in [0.2, 0.25) is 0 Å². The quantitative estimate of drug-likeness (QED) is 0.805. The maximum atomic E-state index is 11.7. The van der Waals surface area contributed by atoms with Gasteiger partial charge in [0, 0.05) is 6.54 Å². The Kier molecular flexibility index (Phi) is 5.83. The second-order valence-corrected chi connectivity index (χ2v) is 5.21. The molecule has 116 valence electrons. The van der Waals surface area contributed by atoms with Crippen molar-refractivity contribution >= 4 is 6.03 Å². The molecule has 0 radical (unpaired) electrons. The van der Waals surface area contributed by atoms with Crippen molar-refractivity contribution in [3.8, 4) is 5.75 Å². The van der Waals surface area contributed by atoms with Gasteiger partial charge in [-0.25, -0.2) is 4.79 Å². The molecule has 0 saturated heterocycles. The largest absolute Gasteiger partial charge is 0.491 e. The number of hydrogen-bond donors (Lipinski definition) is 2. The Morgan fingerprint density at radius 3 is 2.64 bits per heavy atom. The molecule has 0 aliphatic carbocycles. The lowest BCUT2D eigenvalue weighted by atomic mass is 10.1. The van der Waals surface area contributed by atoms with Gasteiger partial charge in [-0.05, 0) is 31.0 Å². The number of nitrogens with one attached hydrogen (secondary N) is 2. The van der Waals surface area contributed by atoms with E-state index in [2.05, 4.69) is 16.7 Å². The highest BCUT2D eigenvalue weighted by Gasteiger charge is 2.01. The average Bonchev–Trinajstić information content (AvgIpc) is 2.51. The highest BCUT2D eigenvalue weighted by atomic mass is 16.5. The highest BCUT2D eigenvalue weighted by molar-refractivity contribution is 5.73. The summed E-state index contributed by atoms with van der Waals surface area (Å²) in [4.78, 5) is 11.7. The Hall–Kier alpha value is -2.49. The lowest BCUT2D eigenvalue weighted by Gasteiger charge is -2.10. The summed E-state index contributed by atoms with van der Waals surface area (Å²) in [5.41, 5.74) is 3.36. The minimum atomic E-state index is -0.185. The van der Waals surface area contributed by atoms with Gasteiger partial charge in [-0.3, -0.25) is 0 Å². The third-order valence-corrected chi connectivity index (χ3v) is 3.27. The summed E-state index contributed by atoms with van der Waals surface area (Å²) in [7, 11) is 0. The Morgan fingerprint density at radius 2 is 1.86 bits per heavy atom. The number of hydrogen-bond acceptors (Lipinski definition) is 2. The molecule has 0 bridgehead atoms. The summed E-state index contributed by atoms with van der Waals surface area (Å²) in [6.07, 6.45) is 0. The summed E-state index contributed by atoms with van der Waals surface area (Å²) < 4.78 is 5.62. The monoisotopic (exact) mass is 298 g/mol. The molecular weight excluding hydrogens is 276 g/mol. The molecule has 0 aliphatic heterocycles. The Labute approximate surface area is 131 Å². The number of ether oxygens (including phenoxy) is 1. The first kappa shape index (κ1) is 15.9. The molecule has 2 aromatic rings. The lowest BCUT2D eigenvalue weighted by molar-refractivity contribution is 0.236. The van der Waals surface area contributed by atoms with E-state index in [0.29, 0.717) is 19.7 Å². The molecule has 2 rings (SSSR count). The van der Waals surface area contributed by atoms with Gasteiger partial charge in [0.05, 0.1) is 6.54 Å². The zero-order chi connectivity index (χ0) is 15.8. The van der Waals surface area contributed by atoms with Crippen molar-refractivity contribution in [3.05, 3.63) is 65.2 Å². The van der Waals surface area contributed by atoms with Gasteiger partial charge in [0.15, 0.2) is 0 Å². The fourth-order valence-corrected chi connectivity index (χ4v) is 2.11. The molecular formula is C18H22N2O2. The number of carbonyl (C=O) groups is 1. The van der Waals surface area contributed by atoms with Crippen LogP contribution in [0.15, 0.2) is 48.5 Å². The summed E-state index contributed by atoms with van der Waals surface area (Å²) in [5.74, 6) is 0.851. The maximum absolute atomic E-state index is 11.7. The minimum absolute atomic E-state index is 0.185. The van der Waals surface area contributed by atoms with Crippen LogP contribution < -0.4 is 15.4 Å². The fourth-order valence-electron chi connectivity index (χ4n) is 2.11. The number of amides is 2. The van der Waals surface area contributed by atoms with E-state index < -0.39 is 0 Å². The van der Waals surface area contributed by atoms with Gasteiger partial charge in [0.1, 0.15) is 12.4 Å².